The van der Waals surface area contributed by atoms with Crippen molar-refractivity contribution in [1.82, 2.24) is 4.90 Å². The van der Waals surface area contributed by atoms with E-state index in [-0.39, 0.29) is 23.9 Å². The second kappa shape index (κ2) is 7.31. The predicted molar refractivity (Wildman–Crippen MR) is 80.2 cm³/mol. The van der Waals surface area contributed by atoms with Crippen molar-refractivity contribution in [2.24, 2.45) is 0 Å². The van der Waals surface area contributed by atoms with Crippen molar-refractivity contribution in [3.63, 3.8) is 0 Å². The second-order valence-electron chi connectivity index (χ2n) is 4.67. The normalized spacial score (nSPS) is 20.8. The number of benzene rings is 1. The molecular formula is C14H18ClNO3S. The van der Waals surface area contributed by atoms with Crippen molar-refractivity contribution in [2.45, 2.75) is 23.2 Å². The van der Waals surface area contributed by atoms with E-state index < -0.39 is 0 Å². The molecule has 4 nitrogen and oxygen atoms in total. The molecule has 0 radical (unpaired) electrons. The van der Waals surface area contributed by atoms with Gasteiger partial charge in [-0.25, -0.2) is 0 Å². The topological polar surface area (TPSA) is 49.8 Å². The highest BCUT2D eigenvalue weighted by molar-refractivity contribution is 8.00. The first-order valence-electron chi connectivity index (χ1n) is 6.53. The number of aliphatic hydroxyl groups is 1. The Morgan fingerprint density at radius 2 is 2.25 bits per heavy atom. The number of hydrogen-bond donors (Lipinski definition) is 1. The highest BCUT2D eigenvalue weighted by atomic mass is 35.5. The number of hydrogen-bond acceptors (Lipinski definition) is 4. The highest BCUT2D eigenvalue weighted by Crippen LogP contribution is 2.26. The van der Waals surface area contributed by atoms with Crippen LogP contribution >= 0.6 is 23.4 Å². The van der Waals surface area contributed by atoms with Gasteiger partial charge >= 0.3 is 0 Å². The largest absolute Gasteiger partial charge is 0.394 e. The van der Waals surface area contributed by atoms with Crippen LogP contribution in [0.5, 0.6) is 0 Å². The fourth-order valence-electron chi connectivity index (χ4n) is 2.05. The van der Waals surface area contributed by atoms with Crippen molar-refractivity contribution < 1.29 is 14.6 Å². The maximum absolute atomic E-state index is 12.4. The number of halogens is 1. The van der Waals surface area contributed by atoms with Crippen molar-refractivity contribution >= 4 is 29.3 Å². The predicted octanol–water partition coefficient (Wildman–Crippen LogP) is 2.04. The maximum Gasteiger partial charge on any atom is 0.235 e. The summed E-state index contributed by atoms with van der Waals surface area (Å²) in [6.45, 7) is 3.37. The molecule has 2 unspecified atom stereocenters. The van der Waals surface area contributed by atoms with E-state index in [2.05, 4.69) is 0 Å². The molecule has 2 atom stereocenters. The van der Waals surface area contributed by atoms with Crippen LogP contribution in [-0.2, 0) is 9.53 Å². The number of aliphatic hydroxyl groups excluding tert-OH is 1. The van der Waals surface area contributed by atoms with E-state index in [4.69, 9.17) is 21.4 Å². The number of carbonyl (C=O) groups is 1. The summed E-state index contributed by atoms with van der Waals surface area (Å²) in [6.07, 6.45) is -0.263. The third-order valence-electron chi connectivity index (χ3n) is 3.13. The first-order chi connectivity index (χ1) is 9.60. The van der Waals surface area contributed by atoms with Crippen LogP contribution in [0.2, 0.25) is 5.02 Å². The number of rotatable bonds is 4. The summed E-state index contributed by atoms with van der Waals surface area (Å²) in [5.74, 6) is 0.0756. The fraction of sp³-hybridized carbons (Fsp3) is 0.500. The SMILES string of the molecule is CC(Sc1ccc(Cl)cc1)C(=O)N1CCOC(CO)C1. The van der Waals surface area contributed by atoms with Crippen molar-refractivity contribution in [1.29, 1.82) is 0 Å². The Labute approximate surface area is 128 Å². The van der Waals surface area contributed by atoms with Crippen LogP contribution in [-0.4, -0.2) is 53.6 Å². The average Bonchev–Trinajstić information content (AvgIpc) is 2.48. The summed E-state index contributed by atoms with van der Waals surface area (Å²) in [4.78, 5) is 15.2. The van der Waals surface area contributed by atoms with Crippen LogP contribution in [0, 0.1) is 0 Å². The number of carbonyl (C=O) groups excluding carboxylic acids is 1. The van der Waals surface area contributed by atoms with Gasteiger partial charge in [-0.3, -0.25) is 4.79 Å². The lowest BCUT2D eigenvalue weighted by atomic mass is 10.2. The molecule has 0 saturated carbocycles. The standard InChI is InChI=1S/C14H18ClNO3S/c1-10(20-13-4-2-11(15)3-5-13)14(18)16-6-7-19-12(8-16)9-17/h2-5,10,12,17H,6-9H2,1H3. The van der Waals surface area contributed by atoms with Crippen molar-refractivity contribution in [3.8, 4) is 0 Å². The molecule has 0 aromatic heterocycles. The number of morpholine rings is 1. The van der Waals surface area contributed by atoms with Crippen LogP contribution in [0.1, 0.15) is 6.92 Å². The van der Waals surface area contributed by atoms with Crippen LogP contribution in [0.4, 0.5) is 0 Å². The molecule has 1 aliphatic heterocycles. The quantitative estimate of drug-likeness (QED) is 0.864. The Hall–Kier alpha value is -0.750. The molecule has 1 amide bonds. The van der Waals surface area contributed by atoms with Crippen LogP contribution in [0.25, 0.3) is 0 Å². The molecule has 1 aromatic rings. The zero-order valence-electron chi connectivity index (χ0n) is 11.3. The van der Waals surface area contributed by atoms with E-state index in [1.807, 2.05) is 31.2 Å². The van der Waals surface area contributed by atoms with Gasteiger partial charge in [0.1, 0.15) is 0 Å². The molecule has 0 aliphatic carbocycles. The van der Waals surface area contributed by atoms with E-state index in [9.17, 15) is 4.79 Å². The van der Waals surface area contributed by atoms with Gasteiger partial charge in [0, 0.05) is 23.0 Å². The third kappa shape index (κ3) is 4.12. The molecule has 2 rings (SSSR count). The van der Waals surface area contributed by atoms with E-state index >= 15 is 0 Å². The lowest BCUT2D eigenvalue weighted by Gasteiger charge is -2.33. The van der Waals surface area contributed by atoms with E-state index in [0.717, 1.165) is 4.90 Å². The van der Waals surface area contributed by atoms with E-state index in [1.165, 1.54) is 11.8 Å². The minimum Gasteiger partial charge on any atom is -0.394 e. The monoisotopic (exact) mass is 315 g/mol. The van der Waals surface area contributed by atoms with Gasteiger partial charge in [-0.1, -0.05) is 11.6 Å². The molecular weight excluding hydrogens is 298 g/mol. The van der Waals surface area contributed by atoms with Gasteiger partial charge in [-0.15, -0.1) is 11.8 Å². The molecule has 6 heteroatoms. The van der Waals surface area contributed by atoms with Crippen LogP contribution in [0.15, 0.2) is 29.2 Å². The molecule has 20 heavy (non-hydrogen) atoms. The first-order valence-corrected chi connectivity index (χ1v) is 7.79. The summed E-state index contributed by atoms with van der Waals surface area (Å²) in [5, 5.41) is 9.62. The van der Waals surface area contributed by atoms with Gasteiger partial charge in [0.25, 0.3) is 0 Å². The molecule has 110 valence electrons. The Kier molecular flexibility index (Phi) is 5.72. The molecule has 1 fully saturated rings. The Morgan fingerprint density at radius 1 is 1.55 bits per heavy atom. The first kappa shape index (κ1) is 15.6. The summed E-state index contributed by atoms with van der Waals surface area (Å²) in [5.41, 5.74) is 0. The summed E-state index contributed by atoms with van der Waals surface area (Å²) < 4.78 is 5.35. The fourth-order valence-corrected chi connectivity index (χ4v) is 3.13. The number of nitrogens with zero attached hydrogens (tertiary/aromatic N) is 1. The Balaban J connectivity index is 1.92. The van der Waals surface area contributed by atoms with Gasteiger partial charge in [-0.2, -0.15) is 0 Å². The molecule has 0 bridgehead atoms. The van der Waals surface area contributed by atoms with Gasteiger partial charge in [-0.05, 0) is 31.2 Å². The minimum absolute atomic E-state index is 0.0531. The zero-order valence-corrected chi connectivity index (χ0v) is 12.9. The maximum atomic E-state index is 12.4. The number of amides is 1. The summed E-state index contributed by atoms with van der Waals surface area (Å²) in [7, 11) is 0. The molecule has 0 spiro atoms. The van der Waals surface area contributed by atoms with E-state index in [1.54, 1.807) is 4.90 Å². The second-order valence-corrected chi connectivity index (χ2v) is 6.52. The molecule has 1 heterocycles. The third-order valence-corrected chi connectivity index (χ3v) is 4.48. The number of thioether (sulfide) groups is 1. The van der Waals surface area contributed by atoms with Gasteiger partial charge < -0.3 is 14.7 Å². The lowest BCUT2D eigenvalue weighted by molar-refractivity contribution is -0.139. The molecule has 1 aliphatic rings. The summed E-state index contributed by atoms with van der Waals surface area (Å²) >= 11 is 7.35. The Morgan fingerprint density at radius 3 is 2.90 bits per heavy atom. The van der Waals surface area contributed by atoms with Crippen molar-refractivity contribution in [2.75, 3.05) is 26.3 Å². The van der Waals surface area contributed by atoms with Gasteiger partial charge in [0.05, 0.1) is 24.6 Å². The van der Waals surface area contributed by atoms with Gasteiger partial charge in [0.2, 0.25) is 5.91 Å². The van der Waals surface area contributed by atoms with Crippen LogP contribution in [0.3, 0.4) is 0 Å². The molecule has 1 aromatic carbocycles. The number of ether oxygens (including phenoxy) is 1. The molecule has 1 saturated heterocycles. The lowest BCUT2D eigenvalue weighted by Crippen LogP contribution is -2.49. The minimum atomic E-state index is -0.263. The van der Waals surface area contributed by atoms with Gasteiger partial charge in [0.15, 0.2) is 0 Å². The van der Waals surface area contributed by atoms with Crippen LogP contribution < -0.4 is 0 Å². The summed E-state index contributed by atoms with van der Waals surface area (Å²) in [6, 6.07) is 7.45. The van der Waals surface area contributed by atoms with E-state index in [0.29, 0.717) is 24.7 Å². The van der Waals surface area contributed by atoms with Crippen molar-refractivity contribution in [3.05, 3.63) is 29.3 Å². The average molecular weight is 316 g/mol. The highest BCUT2D eigenvalue weighted by Gasteiger charge is 2.27. The Bertz CT molecular complexity index is 454. The smallest absolute Gasteiger partial charge is 0.235 e. The zero-order chi connectivity index (χ0) is 14.5. The molecule has 1 N–H and O–H groups in total.